The van der Waals surface area contributed by atoms with E-state index in [-0.39, 0.29) is 17.1 Å². The van der Waals surface area contributed by atoms with E-state index in [1.54, 1.807) is 18.2 Å². The SMILES string of the molecule is COc1cc([N+](=O)[O-])c(Br)c2c1OC1(C=C2)N(C)c2ccc([N+](=O)[O-])cc2C1(C)C. The van der Waals surface area contributed by atoms with Gasteiger partial charge in [-0.1, -0.05) is 0 Å². The molecule has 4 rings (SSSR count). The number of methoxy groups -OCH3 is 1. The van der Waals surface area contributed by atoms with Crippen LogP contribution in [0.2, 0.25) is 0 Å². The van der Waals surface area contributed by atoms with Crippen molar-refractivity contribution in [2.45, 2.75) is 25.0 Å². The van der Waals surface area contributed by atoms with Gasteiger partial charge in [0.1, 0.15) is 4.47 Å². The van der Waals surface area contributed by atoms with Gasteiger partial charge in [-0.3, -0.25) is 20.2 Å². The molecule has 0 saturated carbocycles. The molecular weight excluding hydrogens is 458 g/mol. The number of hydrogen-bond donors (Lipinski definition) is 0. The number of ether oxygens (including phenoxy) is 2. The molecule has 30 heavy (non-hydrogen) atoms. The molecule has 0 amide bonds. The van der Waals surface area contributed by atoms with Crippen LogP contribution in [-0.2, 0) is 5.41 Å². The Labute approximate surface area is 180 Å². The Bertz CT molecular complexity index is 1150. The first-order valence-electron chi connectivity index (χ1n) is 9.01. The number of non-ortho nitro benzene ring substituents is 1. The van der Waals surface area contributed by atoms with E-state index in [9.17, 15) is 20.2 Å². The van der Waals surface area contributed by atoms with Crippen LogP contribution in [0.5, 0.6) is 11.5 Å². The topological polar surface area (TPSA) is 108 Å². The second kappa shape index (κ2) is 6.43. The number of hydrogen-bond acceptors (Lipinski definition) is 7. The molecule has 2 heterocycles. The van der Waals surface area contributed by atoms with Crippen LogP contribution in [-0.4, -0.2) is 29.7 Å². The predicted molar refractivity (Wildman–Crippen MR) is 114 cm³/mol. The lowest BCUT2D eigenvalue weighted by Crippen LogP contribution is -2.58. The van der Waals surface area contributed by atoms with Crippen LogP contribution in [0.15, 0.2) is 34.8 Å². The van der Waals surface area contributed by atoms with Gasteiger partial charge >= 0.3 is 0 Å². The van der Waals surface area contributed by atoms with E-state index in [0.29, 0.717) is 15.8 Å². The van der Waals surface area contributed by atoms with Gasteiger partial charge < -0.3 is 14.4 Å². The molecule has 9 nitrogen and oxygen atoms in total. The summed E-state index contributed by atoms with van der Waals surface area (Å²) in [6.07, 6.45) is 3.59. The first-order valence-corrected chi connectivity index (χ1v) is 9.80. The number of nitrogens with zero attached hydrogens (tertiary/aromatic N) is 3. The van der Waals surface area contributed by atoms with E-state index in [1.165, 1.54) is 19.2 Å². The van der Waals surface area contributed by atoms with Crippen LogP contribution >= 0.6 is 15.9 Å². The van der Waals surface area contributed by atoms with E-state index in [0.717, 1.165) is 11.3 Å². The predicted octanol–water partition coefficient (Wildman–Crippen LogP) is 4.80. The number of benzene rings is 2. The highest BCUT2D eigenvalue weighted by atomic mass is 79.9. The van der Waals surface area contributed by atoms with Crippen LogP contribution in [0.4, 0.5) is 17.1 Å². The maximum absolute atomic E-state index is 11.4. The largest absolute Gasteiger partial charge is 0.493 e. The zero-order chi connectivity index (χ0) is 22.0. The number of rotatable bonds is 3. The fourth-order valence-corrected chi connectivity index (χ4v) is 4.86. The average molecular weight is 476 g/mol. The van der Waals surface area contributed by atoms with E-state index in [4.69, 9.17) is 9.47 Å². The van der Waals surface area contributed by atoms with Crippen LogP contribution in [0, 0.1) is 20.2 Å². The zero-order valence-corrected chi connectivity index (χ0v) is 18.2. The maximum Gasteiger partial charge on any atom is 0.288 e. The lowest BCUT2D eigenvalue weighted by atomic mass is 9.76. The van der Waals surface area contributed by atoms with E-state index < -0.39 is 21.0 Å². The van der Waals surface area contributed by atoms with Crippen LogP contribution in [0.1, 0.15) is 25.0 Å². The van der Waals surface area contributed by atoms with Crippen LogP contribution in [0.3, 0.4) is 0 Å². The molecule has 2 aliphatic rings. The normalized spacial score (nSPS) is 20.5. The Morgan fingerprint density at radius 2 is 1.87 bits per heavy atom. The number of halogens is 1. The molecule has 156 valence electrons. The number of nitro benzene ring substituents is 2. The molecule has 0 N–H and O–H groups in total. The zero-order valence-electron chi connectivity index (χ0n) is 16.6. The molecule has 0 aliphatic carbocycles. The highest BCUT2D eigenvalue weighted by Gasteiger charge is 2.58. The second-order valence-corrected chi connectivity index (χ2v) is 8.48. The summed E-state index contributed by atoms with van der Waals surface area (Å²) in [5.41, 5.74) is 0.247. The number of fused-ring (bicyclic) bond motifs is 2. The van der Waals surface area contributed by atoms with Crippen molar-refractivity contribution in [3.8, 4) is 11.5 Å². The van der Waals surface area contributed by atoms with Crippen LogP contribution in [0.25, 0.3) is 6.08 Å². The minimum absolute atomic E-state index is 0.00316. The Balaban J connectivity index is 1.91. The van der Waals surface area contributed by atoms with Gasteiger partial charge in [0.2, 0.25) is 5.72 Å². The minimum Gasteiger partial charge on any atom is -0.493 e. The molecule has 0 saturated heterocycles. The summed E-state index contributed by atoms with van der Waals surface area (Å²) in [6, 6.07) is 6.05. The summed E-state index contributed by atoms with van der Waals surface area (Å²) >= 11 is 3.31. The summed E-state index contributed by atoms with van der Waals surface area (Å²) < 4.78 is 12.2. The Morgan fingerprint density at radius 3 is 2.47 bits per heavy atom. The summed E-state index contributed by atoms with van der Waals surface area (Å²) in [4.78, 5) is 23.7. The van der Waals surface area contributed by atoms with E-state index >= 15 is 0 Å². The molecular formula is C20H18BrN3O6. The van der Waals surface area contributed by atoms with Gasteiger partial charge in [0.15, 0.2) is 11.5 Å². The molecule has 1 spiro atoms. The van der Waals surface area contributed by atoms with Gasteiger partial charge in [0.25, 0.3) is 11.4 Å². The molecule has 0 radical (unpaired) electrons. The van der Waals surface area contributed by atoms with Gasteiger partial charge in [-0.25, -0.2) is 0 Å². The first kappa shape index (κ1) is 20.1. The van der Waals surface area contributed by atoms with Crippen molar-refractivity contribution in [2.24, 2.45) is 0 Å². The third kappa shape index (κ3) is 2.46. The standard InChI is InChI=1S/C20H18BrN3O6/c1-19(2)13-9-11(23(25)26)5-6-14(13)22(3)20(19)8-7-12-17(21)15(24(27)28)10-16(29-4)18(12)30-20/h5-10H,1-4H3. The van der Waals surface area contributed by atoms with Crippen molar-refractivity contribution >= 4 is 39.1 Å². The summed E-state index contributed by atoms with van der Waals surface area (Å²) in [5.74, 6) is 0.592. The minimum atomic E-state index is -1.01. The van der Waals surface area contributed by atoms with E-state index in [1.807, 2.05) is 31.9 Å². The fraction of sp³-hybridized carbons (Fsp3) is 0.300. The molecule has 1 atom stereocenters. The van der Waals surface area contributed by atoms with Crippen molar-refractivity contribution in [2.75, 3.05) is 19.1 Å². The highest BCUT2D eigenvalue weighted by Crippen LogP contribution is 2.57. The highest BCUT2D eigenvalue weighted by molar-refractivity contribution is 9.10. The van der Waals surface area contributed by atoms with Crippen LogP contribution < -0.4 is 14.4 Å². The van der Waals surface area contributed by atoms with E-state index in [2.05, 4.69) is 15.9 Å². The van der Waals surface area contributed by atoms with Gasteiger partial charge in [0.05, 0.1) is 28.4 Å². The average Bonchev–Trinajstić information content (AvgIpc) is 2.86. The first-order chi connectivity index (χ1) is 14.0. The lowest BCUT2D eigenvalue weighted by Gasteiger charge is -2.46. The third-order valence-electron chi connectivity index (χ3n) is 5.97. The monoisotopic (exact) mass is 475 g/mol. The quantitative estimate of drug-likeness (QED) is 0.462. The molecule has 0 aromatic heterocycles. The molecule has 1 unspecified atom stereocenters. The van der Waals surface area contributed by atoms with Crippen molar-refractivity contribution < 1.29 is 19.3 Å². The number of anilines is 1. The molecule has 10 heteroatoms. The smallest absolute Gasteiger partial charge is 0.288 e. The molecule has 0 fully saturated rings. The lowest BCUT2D eigenvalue weighted by molar-refractivity contribution is -0.385. The van der Waals surface area contributed by atoms with Crippen molar-refractivity contribution in [3.63, 3.8) is 0 Å². The Morgan fingerprint density at radius 1 is 1.17 bits per heavy atom. The Kier molecular flexibility index (Phi) is 4.32. The van der Waals surface area contributed by atoms with Gasteiger partial charge in [0, 0.05) is 30.4 Å². The molecule has 2 aromatic carbocycles. The molecule has 2 aliphatic heterocycles. The fourth-order valence-electron chi connectivity index (χ4n) is 4.29. The second-order valence-electron chi connectivity index (χ2n) is 7.69. The van der Waals surface area contributed by atoms with Gasteiger partial charge in [-0.2, -0.15) is 0 Å². The summed E-state index contributed by atoms with van der Waals surface area (Å²) in [7, 11) is 3.27. The van der Waals surface area contributed by atoms with Crippen molar-refractivity contribution in [1.82, 2.24) is 0 Å². The molecule has 2 aromatic rings. The van der Waals surface area contributed by atoms with Crippen molar-refractivity contribution in [1.29, 1.82) is 0 Å². The molecule has 0 bridgehead atoms. The third-order valence-corrected chi connectivity index (χ3v) is 6.80. The summed E-state index contributed by atoms with van der Waals surface area (Å²) in [5, 5.41) is 22.7. The number of likely N-dealkylation sites (N-methyl/N-ethyl adjacent to an activating group) is 1. The van der Waals surface area contributed by atoms with Crippen molar-refractivity contribution in [3.05, 3.63) is 66.2 Å². The van der Waals surface area contributed by atoms with Gasteiger partial charge in [-0.15, -0.1) is 0 Å². The Hall–Kier alpha value is -3.14. The van der Waals surface area contributed by atoms with Gasteiger partial charge in [-0.05, 0) is 53.6 Å². The number of nitro groups is 2. The summed E-state index contributed by atoms with van der Waals surface area (Å²) in [6.45, 7) is 3.89. The maximum atomic E-state index is 11.4.